The van der Waals surface area contributed by atoms with Gasteiger partial charge < -0.3 is 15.2 Å². The first-order valence-electron chi connectivity index (χ1n) is 7.63. The van der Waals surface area contributed by atoms with Gasteiger partial charge in [0.25, 0.3) is 0 Å². The smallest absolute Gasteiger partial charge is 0.0774 e. The summed E-state index contributed by atoms with van der Waals surface area (Å²) in [5.41, 5.74) is 8.96. The first-order valence-corrected chi connectivity index (χ1v) is 7.63. The lowest BCUT2D eigenvalue weighted by atomic mass is 9.79. The Hall–Kier alpha value is -0.900. The quantitative estimate of drug-likeness (QED) is 0.812. The van der Waals surface area contributed by atoms with E-state index in [0.29, 0.717) is 25.0 Å². The van der Waals surface area contributed by atoms with Crippen molar-refractivity contribution in [3.05, 3.63) is 35.4 Å². The normalized spacial score (nSPS) is 25.8. The van der Waals surface area contributed by atoms with E-state index in [-0.39, 0.29) is 12.1 Å². The molecule has 3 atom stereocenters. The molecule has 1 aromatic rings. The second kappa shape index (κ2) is 7.21. The molecule has 20 heavy (non-hydrogen) atoms. The average molecular weight is 277 g/mol. The lowest BCUT2D eigenvalue weighted by molar-refractivity contribution is -0.0196. The maximum absolute atomic E-state index is 6.35. The van der Waals surface area contributed by atoms with Crippen LogP contribution in [0.4, 0.5) is 0 Å². The van der Waals surface area contributed by atoms with Gasteiger partial charge >= 0.3 is 0 Å². The van der Waals surface area contributed by atoms with E-state index in [4.69, 9.17) is 15.2 Å². The first-order chi connectivity index (χ1) is 9.59. The molecular formula is C17H27NO2. The molecular weight excluding hydrogens is 250 g/mol. The van der Waals surface area contributed by atoms with Crippen LogP contribution in [0, 0.1) is 5.92 Å². The van der Waals surface area contributed by atoms with Crippen molar-refractivity contribution in [2.75, 3.05) is 19.8 Å². The lowest BCUT2D eigenvalue weighted by Crippen LogP contribution is -2.35. The molecule has 0 fully saturated rings. The van der Waals surface area contributed by atoms with Gasteiger partial charge in [0, 0.05) is 6.61 Å². The van der Waals surface area contributed by atoms with Gasteiger partial charge in [0.05, 0.1) is 25.4 Å². The van der Waals surface area contributed by atoms with Gasteiger partial charge in [0.15, 0.2) is 0 Å². The van der Waals surface area contributed by atoms with Crippen LogP contribution in [0.1, 0.15) is 50.3 Å². The minimum Gasteiger partial charge on any atom is -0.379 e. The molecule has 0 heterocycles. The molecule has 3 nitrogen and oxygen atoms in total. The van der Waals surface area contributed by atoms with Crippen LogP contribution in [-0.2, 0) is 9.47 Å². The van der Waals surface area contributed by atoms with Crippen LogP contribution in [0.15, 0.2) is 24.3 Å². The van der Waals surface area contributed by atoms with Crippen molar-refractivity contribution in [2.45, 2.75) is 45.3 Å². The van der Waals surface area contributed by atoms with Gasteiger partial charge in [-0.05, 0) is 29.4 Å². The van der Waals surface area contributed by atoms with Gasteiger partial charge in [-0.1, -0.05) is 45.0 Å². The Bertz CT molecular complexity index is 419. The molecule has 1 aromatic carbocycles. The van der Waals surface area contributed by atoms with E-state index >= 15 is 0 Å². The van der Waals surface area contributed by atoms with Gasteiger partial charge in [-0.15, -0.1) is 0 Å². The molecule has 0 saturated carbocycles. The van der Waals surface area contributed by atoms with Gasteiger partial charge in [-0.25, -0.2) is 0 Å². The second-order valence-corrected chi connectivity index (χ2v) is 6.17. The highest BCUT2D eigenvalue weighted by Crippen LogP contribution is 2.37. The lowest BCUT2D eigenvalue weighted by Gasteiger charge is -2.34. The van der Waals surface area contributed by atoms with Crippen molar-refractivity contribution >= 4 is 0 Å². The van der Waals surface area contributed by atoms with E-state index in [0.717, 1.165) is 13.0 Å². The van der Waals surface area contributed by atoms with Crippen molar-refractivity contribution in [3.63, 3.8) is 0 Å². The molecule has 0 radical (unpaired) electrons. The third-order valence-corrected chi connectivity index (χ3v) is 3.88. The maximum Gasteiger partial charge on any atom is 0.0774 e. The van der Waals surface area contributed by atoms with Crippen LogP contribution in [0.3, 0.4) is 0 Å². The van der Waals surface area contributed by atoms with E-state index in [1.807, 2.05) is 0 Å². The largest absolute Gasteiger partial charge is 0.379 e. The van der Waals surface area contributed by atoms with Crippen molar-refractivity contribution in [3.8, 4) is 0 Å². The minimum atomic E-state index is -0.0208. The second-order valence-electron chi connectivity index (χ2n) is 6.17. The summed E-state index contributed by atoms with van der Waals surface area (Å²) in [6.45, 7) is 8.61. The zero-order valence-electron chi connectivity index (χ0n) is 12.8. The van der Waals surface area contributed by atoms with Crippen LogP contribution in [0.25, 0.3) is 0 Å². The number of ether oxygens (including phenoxy) is 2. The Labute approximate surface area is 122 Å². The molecule has 1 aliphatic carbocycles. The molecule has 0 aliphatic heterocycles. The molecule has 0 amide bonds. The maximum atomic E-state index is 6.35. The molecule has 2 N–H and O–H groups in total. The molecule has 3 unspecified atom stereocenters. The topological polar surface area (TPSA) is 44.5 Å². The fourth-order valence-electron chi connectivity index (χ4n) is 2.83. The molecule has 2 rings (SSSR count). The van der Waals surface area contributed by atoms with Gasteiger partial charge in [-0.2, -0.15) is 0 Å². The Balaban J connectivity index is 1.85. The van der Waals surface area contributed by atoms with Gasteiger partial charge in [0.1, 0.15) is 0 Å². The van der Waals surface area contributed by atoms with Crippen LogP contribution in [0.5, 0.6) is 0 Å². The molecule has 112 valence electrons. The molecule has 3 heteroatoms. The Morgan fingerprint density at radius 1 is 1.20 bits per heavy atom. The number of rotatable bonds is 6. The molecule has 1 aliphatic rings. The van der Waals surface area contributed by atoms with Gasteiger partial charge in [-0.3, -0.25) is 0 Å². The van der Waals surface area contributed by atoms with Crippen molar-refractivity contribution in [2.24, 2.45) is 11.7 Å². The minimum absolute atomic E-state index is 0.0208. The van der Waals surface area contributed by atoms with Crippen LogP contribution < -0.4 is 5.73 Å². The average Bonchev–Trinajstić information content (AvgIpc) is 2.43. The Morgan fingerprint density at radius 2 is 1.90 bits per heavy atom. The van der Waals surface area contributed by atoms with Crippen molar-refractivity contribution in [1.82, 2.24) is 0 Å². The summed E-state index contributed by atoms with van der Waals surface area (Å²) < 4.78 is 11.5. The van der Waals surface area contributed by atoms with E-state index in [1.54, 1.807) is 0 Å². The molecule has 0 saturated heterocycles. The number of benzene rings is 1. The summed E-state index contributed by atoms with van der Waals surface area (Å²) in [5.74, 6) is 1.08. The number of fused-ring (bicyclic) bond motifs is 1. The summed E-state index contributed by atoms with van der Waals surface area (Å²) >= 11 is 0. The molecule has 0 aromatic heterocycles. The van der Waals surface area contributed by atoms with Crippen molar-refractivity contribution < 1.29 is 9.47 Å². The van der Waals surface area contributed by atoms with Crippen LogP contribution in [-0.4, -0.2) is 25.9 Å². The highest BCUT2D eigenvalue weighted by atomic mass is 16.5. The van der Waals surface area contributed by atoms with E-state index in [1.165, 1.54) is 11.1 Å². The number of hydrogen-bond acceptors (Lipinski definition) is 3. The van der Waals surface area contributed by atoms with E-state index in [2.05, 4.69) is 45.0 Å². The number of hydrogen-bond donors (Lipinski definition) is 1. The predicted octanol–water partition coefficient (Wildman–Crippen LogP) is 3.25. The van der Waals surface area contributed by atoms with E-state index in [9.17, 15) is 0 Å². The zero-order chi connectivity index (χ0) is 14.5. The standard InChI is InChI=1S/C17H27NO2/c1-12(2)11-19-8-9-20-16-10-13(3)14-6-4-5-7-15(14)17(16)18/h4-7,12-13,16-17H,8-11,18H2,1-3H3. The van der Waals surface area contributed by atoms with E-state index < -0.39 is 0 Å². The fraction of sp³-hybridized carbons (Fsp3) is 0.647. The monoisotopic (exact) mass is 277 g/mol. The summed E-state index contributed by atoms with van der Waals surface area (Å²) in [7, 11) is 0. The summed E-state index contributed by atoms with van der Waals surface area (Å²) in [5, 5.41) is 0. The molecule has 0 bridgehead atoms. The highest BCUT2D eigenvalue weighted by Gasteiger charge is 2.30. The van der Waals surface area contributed by atoms with Crippen LogP contribution in [0.2, 0.25) is 0 Å². The van der Waals surface area contributed by atoms with Crippen LogP contribution >= 0.6 is 0 Å². The summed E-state index contributed by atoms with van der Waals surface area (Å²) in [6.07, 6.45) is 1.09. The predicted molar refractivity (Wildman–Crippen MR) is 81.8 cm³/mol. The Morgan fingerprint density at radius 3 is 2.60 bits per heavy atom. The van der Waals surface area contributed by atoms with Crippen molar-refractivity contribution in [1.29, 1.82) is 0 Å². The third-order valence-electron chi connectivity index (χ3n) is 3.88. The molecule has 0 spiro atoms. The highest BCUT2D eigenvalue weighted by molar-refractivity contribution is 5.35. The van der Waals surface area contributed by atoms with Gasteiger partial charge in [0.2, 0.25) is 0 Å². The first kappa shape index (κ1) is 15.5. The SMILES string of the molecule is CC(C)COCCOC1CC(C)c2ccccc2C1N. The fourth-order valence-corrected chi connectivity index (χ4v) is 2.83. The third kappa shape index (κ3) is 3.81. The number of nitrogens with two attached hydrogens (primary N) is 1. The zero-order valence-corrected chi connectivity index (χ0v) is 12.8. The summed E-state index contributed by atoms with van der Waals surface area (Å²) in [6, 6.07) is 8.43. The summed E-state index contributed by atoms with van der Waals surface area (Å²) in [4.78, 5) is 0. The Kier molecular flexibility index (Phi) is 5.58.